The van der Waals surface area contributed by atoms with Crippen molar-refractivity contribution < 1.29 is 14.3 Å². The Morgan fingerprint density at radius 2 is 2.35 bits per heavy atom. The number of ether oxygens (including phenoxy) is 2. The number of aryl methyl sites for hydroxylation is 1. The van der Waals surface area contributed by atoms with Crippen molar-refractivity contribution >= 4 is 17.2 Å². The van der Waals surface area contributed by atoms with Crippen molar-refractivity contribution in [3.05, 3.63) is 33.8 Å². The molecule has 23 heavy (non-hydrogen) atoms. The SMILES string of the molecule is COc1ccc2c(c1)CC(C(=O)NCCc1nnc(C)s1)CO2. The third kappa shape index (κ3) is 3.79. The summed E-state index contributed by atoms with van der Waals surface area (Å²) in [5.74, 6) is 1.45. The Balaban J connectivity index is 1.54. The zero-order valence-electron chi connectivity index (χ0n) is 13.2. The molecule has 1 atom stereocenters. The van der Waals surface area contributed by atoms with Gasteiger partial charge < -0.3 is 14.8 Å². The van der Waals surface area contributed by atoms with Crippen LogP contribution in [0.15, 0.2) is 18.2 Å². The summed E-state index contributed by atoms with van der Waals surface area (Å²) in [6, 6.07) is 5.68. The van der Waals surface area contributed by atoms with Crippen LogP contribution >= 0.6 is 11.3 Å². The fourth-order valence-electron chi connectivity index (χ4n) is 2.54. The Morgan fingerprint density at radius 1 is 1.48 bits per heavy atom. The molecule has 0 fully saturated rings. The maximum atomic E-state index is 12.3. The van der Waals surface area contributed by atoms with Crippen LogP contribution in [0.1, 0.15) is 15.6 Å². The highest BCUT2D eigenvalue weighted by molar-refractivity contribution is 7.11. The van der Waals surface area contributed by atoms with Gasteiger partial charge in [0.25, 0.3) is 0 Å². The third-order valence-corrected chi connectivity index (χ3v) is 4.65. The molecule has 1 unspecified atom stereocenters. The molecule has 2 aromatic rings. The molecule has 122 valence electrons. The van der Waals surface area contributed by atoms with E-state index >= 15 is 0 Å². The Kier molecular flexibility index (Phi) is 4.76. The Bertz CT molecular complexity index is 702. The third-order valence-electron chi connectivity index (χ3n) is 3.75. The summed E-state index contributed by atoms with van der Waals surface area (Å²) in [6.07, 6.45) is 1.37. The lowest BCUT2D eigenvalue weighted by molar-refractivity contribution is -0.126. The topological polar surface area (TPSA) is 73.3 Å². The molecule has 0 aliphatic carbocycles. The highest BCUT2D eigenvalue weighted by Gasteiger charge is 2.26. The van der Waals surface area contributed by atoms with Gasteiger partial charge >= 0.3 is 0 Å². The number of nitrogens with one attached hydrogen (secondary N) is 1. The van der Waals surface area contributed by atoms with Crippen LogP contribution in [-0.4, -0.2) is 36.4 Å². The smallest absolute Gasteiger partial charge is 0.226 e. The van der Waals surface area contributed by atoms with E-state index in [2.05, 4.69) is 15.5 Å². The summed E-state index contributed by atoms with van der Waals surface area (Å²) in [4.78, 5) is 12.3. The van der Waals surface area contributed by atoms with Crippen molar-refractivity contribution in [3.63, 3.8) is 0 Å². The summed E-state index contributed by atoms with van der Waals surface area (Å²) in [5, 5.41) is 12.9. The van der Waals surface area contributed by atoms with E-state index in [9.17, 15) is 4.79 Å². The molecule has 2 heterocycles. The van der Waals surface area contributed by atoms with E-state index in [4.69, 9.17) is 9.47 Å². The van der Waals surface area contributed by atoms with Gasteiger partial charge in [0, 0.05) is 13.0 Å². The van der Waals surface area contributed by atoms with Crippen molar-refractivity contribution in [1.29, 1.82) is 0 Å². The van der Waals surface area contributed by atoms with Gasteiger partial charge in [0.05, 0.1) is 13.0 Å². The van der Waals surface area contributed by atoms with Crippen LogP contribution < -0.4 is 14.8 Å². The second kappa shape index (κ2) is 6.95. The summed E-state index contributed by atoms with van der Waals surface area (Å²) in [7, 11) is 1.63. The predicted octanol–water partition coefficient (Wildman–Crippen LogP) is 1.77. The van der Waals surface area contributed by atoms with E-state index in [1.54, 1.807) is 18.4 Å². The van der Waals surface area contributed by atoms with Crippen molar-refractivity contribution in [3.8, 4) is 11.5 Å². The van der Waals surface area contributed by atoms with Crippen LogP contribution in [-0.2, 0) is 17.6 Å². The van der Waals surface area contributed by atoms with Gasteiger partial charge in [-0.15, -0.1) is 21.5 Å². The predicted molar refractivity (Wildman–Crippen MR) is 87.0 cm³/mol. The standard InChI is InChI=1S/C16H19N3O3S/c1-10-18-19-15(23-10)5-6-17-16(20)12-7-11-8-13(21-2)3-4-14(11)22-9-12/h3-4,8,12H,5-7,9H2,1-2H3,(H,17,20). The quantitative estimate of drug-likeness (QED) is 0.903. The zero-order chi connectivity index (χ0) is 16.2. The molecule has 7 heteroatoms. The Hall–Kier alpha value is -2.15. The van der Waals surface area contributed by atoms with E-state index in [-0.39, 0.29) is 11.8 Å². The lowest BCUT2D eigenvalue weighted by Gasteiger charge is -2.25. The molecule has 0 bridgehead atoms. The maximum absolute atomic E-state index is 12.3. The fourth-order valence-corrected chi connectivity index (χ4v) is 3.25. The van der Waals surface area contributed by atoms with Gasteiger partial charge in [0.15, 0.2) is 0 Å². The molecule has 0 spiro atoms. The molecule has 0 radical (unpaired) electrons. The molecule has 1 N–H and O–H groups in total. The molecular formula is C16H19N3O3S. The highest BCUT2D eigenvalue weighted by atomic mass is 32.1. The molecule has 0 saturated heterocycles. The number of carbonyl (C=O) groups is 1. The summed E-state index contributed by atoms with van der Waals surface area (Å²) >= 11 is 1.56. The summed E-state index contributed by atoms with van der Waals surface area (Å²) < 4.78 is 10.9. The lowest BCUT2D eigenvalue weighted by atomic mass is 9.96. The first-order valence-electron chi connectivity index (χ1n) is 7.52. The Labute approximate surface area is 138 Å². The Morgan fingerprint density at radius 3 is 3.09 bits per heavy atom. The van der Waals surface area contributed by atoms with E-state index in [1.807, 2.05) is 25.1 Å². The van der Waals surface area contributed by atoms with E-state index in [1.165, 1.54) is 0 Å². The molecular weight excluding hydrogens is 314 g/mol. The first-order valence-corrected chi connectivity index (χ1v) is 8.34. The number of amides is 1. The minimum Gasteiger partial charge on any atom is -0.497 e. The molecule has 6 nitrogen and oxygen atoms in total. The minimum atomic E-state index is -0.175. The largest absolute Gasteiger partial charge is 0.497 e. The second-order valence-electron chi connectivity index (χ2n) is 5.44. The van der Waals surface area contributed by atoms with Crippen LogP contribution in [0.25, 0.3) is 0 Å². The van der Waals surface area contributed by atoms with Gasteiger partial charge in [0.2, 0.25) is 5.91 Å². The first-order chi connectivity index (χ1) is 11.2. The number of fused-ring (bicyclic) bond motifs is 1. The van der Waals surface area contributed by atoms with Gasteiger partial charge in [-0.3, -0.25) is 4.79 Å². The number of aromatic nitrogens is 2. The van der Waals surface area contributed by atoms with Gasteiger partial charge in [-0.2, -0.15) is 0 Å². The van der Waals surface area contributed by atoms with E-state index in [0.717, 1.165) is 27.1 Å². The van der Waals surface area contributed by atoms with Crippen LogP contribution in [0.4, 0.5) is 0 Å². The van der Waals surface area contributed by atoms with Gasteiger partial charge in [-0.1, -0.05) is 0 Å². The molecule has 1 aromatic heterocycles. The van der Waals surface area contributed by atoms with Crippen LogP contribution in [0.3, 0.4) is 0 Å². The van der Waals surface area contributed by atoms with Gasteiger partial charge in [-0.05, 0) is 37.1 Å². The van der Waals surface area contributed by atoms with Crippen molar-refractivity contribution in [2.45, 2.75) is 19.8 Å². The number of methoxy groups -OCH3 is 1. The minimum absolute atomic E-state index is 0.0136. The number of benzene rings is 1. The highest BCUT2D eigenvalue weighted by Crippen LogP contribution is 2.30. The van der Waals surface area contributed by atoms with Crippen molar-refractivity contribution in [2.75, 3.05) is 20.3 Å². The van der Waals surface area contributed by atoms with Crippen LogP contribution in [0.2, 0.25) is 0 Å². The van der Waals surface area contributed by atoms with Crippen LogP contribution in [0, 0.1) is 12.8 Å². The fraction of sp³-hybridized carbons (Fsp3) is 0.438. The van der Waals surface area contributed by atoms with Crippen LogP contribution in [0.5, 0.6) is 11.5 Å². The monoisotopic (exact) mass is 333 g/mol. The van der Waals surface area contributed by atoms with E-state index < -0.39 is 0 Å². The molecule has 1 aromatic carbocycles. The lowest BCUT2D eigenvalue weighted by Crippen LogP contribution is -2.38. The van der Waals surface area contributed by atoms with Gasteiger partial charge in [-0.25, -0.2) is 0 Å². The number of hydrogen-bond acceptors (Lipinski definition) is 6. The average molecular weight is 333 g/mol. The molecule has 1 aliphatic heterocycles. The maximum Gasteiger partial charge on any atom is 0.226 e. The van der Waals surface area contributed by atoms with Crippen molar-refractivity contribution in [2.24, 2.45) is 5.92 Å². The normalized spacial score (nSPS) is 16.3. The number of hydrogen-bond donors (Lipinski definition) is 1. The molecule has 1 amide bonds. The molecule has 0 saturated carbocycles. The summed E-state index contributed by atoms with van der Waals surface area (Å²) in [6.45, 7) is 2.89. The van der Waals surface area contributed by atoms with Gasteiger partial charge in [0.1, 0.15) is 28.1 Å². The summed E-state index contributed by atoms with van der Waals surface area (Å²) in [5.41, 5.74) is 1.01. The van der Waals surface area contributed by atoms with E-state index in [0.29, 0.717) is 26.0 Å². The molecule has 3 rings (SSSR count). The second-order valence-corrected chi connectivity index (χ2v) is 6.71. The molecule has 1 aliphatic rings. The van der Waals surface area contributed by atoms with Crippen molar-refractivity contribution in [1.82, 2.24) is 15.5 Å². The number of nitrogens with zero attached hydrogens (tertiary/aromatic N) is 2. The first kappa shape index (κ1) is 15.7. The average Bonchev–Trinajstić information content (AvgIpc) is 2.99. The zero-order valence-corrected chi connectivity index (χ0v) is 14.0. The number of carbonyl (C=O) groups excluding carboxylic acids is 1. The number of rotatable bonds is 5.